The van der Waals surface area contributed by atoms with Gasteiger partial charge in [-0.15, -0.1) is 0 Å². The van der Waals surface area contributed by atoms with Crippen LogP contribution in [-0.4, -0.2) is 30.9 Å². The summed E-state index contributed by atoms with van der Waals surface area (Å²) in [6.45, 7) is 0.909. The predicted octanol–water partition coefficient (Wildman–Crippen LogP) is 4.20. The highest BCUT2D eigenvalue weighted by molar-refractivity contribution is 5.33. The summed E-state index contributed by atoms with van der Waals surface area (Å²) in [5, 5.41) is 0. The Labute approximate surface area is 170 Å². The summed E-state index contributed by atoms with van der Waals surface area (Å²) in [6, 6.07) is 11.4. The van der Waals surface area contributed by atoms with Crippen LogP contribution >= 0.6 is 0 Å². The van der Waals surface area contributed by atoms with Crippen molar-refractivity contribution in [1.29, 1.82) is 0 Å². The Morgan fingerprint density at radius 3 is 2.76 bits per heavy atom. The Hall–Kier alpha value is -2.86. The lowest BCUT2D eigenvalue weighted by atomic mass is 9.98. The monoisotopic (exact) mass is 385 g/mol. The second-order valence-electron chi connectivity index (χ2n) is 8.31. The van der Waals surface area contributed by atoms with Gasteiger partial charge in [-0.1, -0.05) is 12.1 Å². The third-order valence-corrected chi connectivity index (χ3v) is 6.31. The van der Waals surface area contributed by atoms with Crippen molar-refractivity contribution in [2.45, 2.75) is 56.7 Å². The van der Waals surface area contributed by atoms with Gasteiger partial charge in [-0.2, -0.15) is 0 Å². The van der Waals surface area contributed by atoms with Crippen LogP contribution in [0.2, 0.25) is 0 Å². The van der Waals surface area contributed by atoms with E-state index in [1.165, 1.54) is 42.5 Å². The molecule has 4 heterocycles. The number of nitrogens with zero attached hydrogens (tertiary/aromatic N) is 5. The lowest BCUT2D eigenvalue weighted by Crippen LogP contribution is -2.37. The molecule has 2 atom stereocenters. The van der Waals surface area contributed by atoms with E-state index in [0.717, 1.165) is 24.5 Å². The van der Waals surface area contributed by atoms with E-state index in [4.69, 9.17) is 14.7 Å². The normalized spacial score (nSPS) is 23.0. The van der Waals surface area contributed by atoms with E-state index < -0.39 is 0 Å². The zero-order chi connectivity index (χ0) is 19.2. The lowest BCUT2D eigenvalue weighted by molar-refractivity contribution is 0.166. The summed E-state index contributed by atoms with van der Waals surface area (Å²) < 4.78 is 5.81. The molecule has 6 heteroatoms. The average Bonchev–Trinajstić information content (AvgIpc) is 3.55. The summed E-state index contributed by atoms with van der Waals surface area (Å²) in [5.41, 5.74) is 3.88. The molecule has 3 aromatic rings. The highest BCUT2D eigenvalue weighted by atomic mass is 16.5. The number of aromatic nitrogens is 4. The van der Waals surface area contributed by atoms with Gasteiger partial charge in [-0.25, -0.2) is 19.9 Å². The van der Waals surface area contributed by atoms with Crippen molar-refractivity contribution in [1.82, 2.24) is 24.8 Å². The van der Waals surface area contributed by atoms with E-state index in [1.54, 1.807) is 18.5 Å². The molecule has 1 aliphatic carbocycles. The van der Waals surface area contributed by atoms with Gasteiger partial charge in [0.15, 0.2) is 0 Å². The minimum absolute atomic E-state index is 0.375. The van der Waals surface area contributed by atoms with Crippen molar-refractivity contribution in [3.8, 4) is 11.8 Å². The molecule has 2 fully saturated rings. The van der Waals surface area contributed by atoms with Crippen molar-refractivity contribution >= 4 is 0 Å². The molecule has 2 unspecified atom stereocenters. The quantitative estimate of drug-likeness (QED) is 0.656. The minimum atomic E-state index is 0.375. The minimum Gasteiger partial charge on any atom is -0.424 e. The molecule has 6 rings (SSSR count). The van der Waals surface area contributed by atoms with E-state index in [2.05, 4.69) is 33.2 Å². The van der Waals surface area contributed by atoms with E-state index in [0.29, 0.717) is 24.0 Å². The molecule has 0 radical (unpaired) electrons. The van der Waals surface area contributed by atoms with Gasteiger partial charge in [-0.3, -0.25) is 4.90 Å². The highest BCUT2D eigenvalue weighted by Gasteiger charge is 2.41. The van der Waals surface area contributed by atoms with Crippen LogP contribution in [-0.2, 0) is 13.0 Å². The molecule has 1 saturated carbocycles. The summed E-state index contributed by atoms with van der Waals surface area (Å²) >= 11 is 0. The van der Waals surface area contributed by atoms with E-state index in [1.807, 2.05) is 12.1 Å². The van der Waals surface area contributed by atoms with Crippen molar-refractivity contribution in [3.63, 3.8) is 0 Å². The molecular weight excluding hydrogens is 362 g/mol. The third-order valence-electron chi connectivity index (χ3n) is 6.31. The van der Waals surface area contributed by atoms with Crippen molar-refractivity contribution < 1.29 is 4.74 Å². The smallest absolute Gasteiger partial charge is 0.321 e. The molecule has 0 N–H and O–H groups in total. The second kappa shape index (κ2) is 6.88. The Morgan fingerprint density at radius 2 is 1.90 bits per heavy atom. The fraction of sp³-hybridized carbons (Fsp3) is 0.391. The molecule has 2 aromatic heterocycles. The molecule has 2 aliphatic heterocycles. The maximum atomic E-state index is 5.81. The summed E-state index contributed by atoms with van der Waals surface area (Å²) in [5.74, 6) is 2.47. The van der Waals surface area contributed by atoms with Gasteiger partial charge < -0.3 is 4.74 Å². The van der Waals surface area contributed by atoms with Crippen molar-refractivity contribution in [2.24, 2.45) is 0 Å². The number of hydrogen-bond acceptors (Lipinski definition) is 6. The van der Waals surface area contributed by atoms with Crippen LogP contribution in [0.15, 0.2) is 48.9 Å². The molecule has 6 nitrogen and oxygen atoms in total. The molecule has 146 valence electrons. The number of rotatable bonds is 5. The highest BCUT2D eigenvalue weighted by Crippen LogP contribution is 2.45. The SMILES string of the molecule is c1cnc(Oc2cccc(CN3C4CCC3c3cnc(C5CC5)nc3C4)c2)nc1. The first-order valence-electron chi connectivity index (χ1n) is 10.5. The van der Waals surface area contributed by atoms with Gasteiger partial charge in [-0.05, 0) is 49.4 Å². The Morgan fingerprint density at radius 1 is 1.00 bits per heavy atom. The maximum absolute atomic E-state index is 5.81. The molecule has 2 bridgehead atoms. The van der Waals surface area contributed by atoms with E-state index >= 15 is 0 Å². The number of benzene rings is 1. The number of ether oxygens (including phenoxy) is 1. The summed E-state index contributed by atoms with van der Waals surface area (Å²) in [4.78, 5) is 20.6. The topological polar surface area (TPSA) is 64.0 Å². The van der Waals surface area contributed by atoms with Gasteiger partial charge >= 0.3 is 6.01 Å². The lowest BCUT2D eigenvalue weighted by Gasteiger charge is -2.35. The summed E-state index contributed by atoms with van der Waals surface area (Å²) in [6.07, 6.45) is 11.5. The van der Waals surface area contributed by atoms with Gasteiger partial charge in [0.05, 0.1) is 5.69 Å². The molecule has 3 aliphatic rings. The Balaban J connectivity index is 1.22. The molecular formula is C23H23N5O. The fourth-order valence-corrected chi connectivity index (χ4v) is 4.74. The van der Waals surface area contributed by atoms with Crippen LogP contribution in [0.4, 0.5) is 0 Å². The van der Waals surface area contributed by atoms with Gasteiger partial charge in [0.2, 0.25) is 0 Å². The molecule has 1 aromatic carbocycles. The van der Waals surface area contributed by atoms with Gasteiger partial charge in [0, 0.05) is 55.1 Å². The van der Waals surface area contributed by atoms with Gasteiger partial charge in [0.25, 0.3) is 0 Å². The van der Waals surface area contributed by atoms with Crippen LogP contribution in [0.1, 0.15) is 60.3 Å². The zero-order valence-electron chi connectivity index (χ0n) is 16.2. The van der Waals surface area contributed by atoms with E-state index in [-0.39, 0.29) is 0 Å². The standard InChI is InChI=1S/C23H23N5O/c1-3-15(11-18(4-1)29-23-24-9-2-10-25-23)14-28-17-7-8-21(28)19-13-26-22(16-5-6-16)27-20(19)12-17/h1-4,9-11,13,16-17,21H,5-8,12,14H2. The Kier molecular flexibility index (Phi) is 4.04. The summed E-state index contributed by atoms with van der Waals surface area (Å²) in [7, 11) is 0. The van der Waals surface area contributed by atoms with Crippen LogP contribution in [0, 0.1) is 0 Å². The molecule has 29 heavy (non-hydrogen) atoms. The van der Waals surface area contributed by atoms with Crippen molar-refractivity contribution in [3.05, 3.63) is 71.6 Å². The third kappa shape index (κ3) is 3.27. The predicted molar refractivity (Wildman–Crippen MR) is 108 cm³/mol. The second-order valence-corrected chi connectivity index (χ2v) is 8.31. The van der Waals surface area contributed by atoms with Crippen LogP contribution < -0.4 is 4.74 Å². The number of hydrogen-bond donors (Lipinski definition) is 0. The Bertz CT molecular complexity index is 1040. The zero-order valence-corrected chi connectivity index (χ0v) is 16.2. The van der Waals surface area contributed by atoms with E-state index in [9.17, 15) is 0 Å². The maximum Gasteiger partial charge on any atom is 0.321 e. The molecule has 0 spiro atoms. The van der Waals surface area contributed by atoms with Crippen molar-refractivity contribution in [2.75, 3.05) is 0 Å². The molecule has 1 saturated heterocycles. The fourth-order valence-electron chi connectivity index (χ4n) is 4.74. The van der Waals surface area contributed by atoms with Crippen LogP contribution in [0.25, 0.3) is 0 Å². The van der Waals surface area contributed by atoms with Crippen LogP contribution in [0.3, 0.4) is 0 Å². The largest absolute Gasteiger partial charge is 0.424 e. The molecule has 0 amide bonds. The first-order valence-corrected chi connectivity index (χ1v) is 10.5. The number of fused-ring (bicyclic) bond motifs is 4. The average molecular weight is 385 g/mol. The van der Waals surface area contributed by atoms with Crippen LogP contribution in [0.5, 0.6) is 11.8 Å². The first kappa shape index (κ1) is 17.0. The first-order chi connectivity index (χ1) is 14.3. The van der Waals surface area contributed by atoms with Gasteiger partial charge in [0.1, 0.15) is 11.6 Å².